The van der Waals surface area contributed by atoms with Crippen molar-refractivity contribution in [1.29, 1.82) is 0 Å². The summed E-state index contributed by atoms with van der Waals surface area (Å²) in [4.78, 5) is 3.56. The smallest absolute Gasteiger partial charge is 0.243 e. The van der Waals surface area contributed by atoms with Crippen LogP contribution < -0.4 is 9.46 Å². The van der Waals surface area contributed by atoms with E-state index in [0.29, 0.717) is 37.6 Å². The molecule has 0 bridgehead atoms. The molecule has 0 radical (unpaired) electrons. The zero-order valence-electron chi connectivity index (χ0n) is 13.4. The van der Waals surface area contributed by atoms with E-state index in [1.807, 2.05) is 6.07 Å². The standard InChI is InChI=1S/C17H18F2N2O3S/c18-12-4-9-16(15(19)11-12)25(22,23)21-13-5-7-14(8-6-13)24-17-3-1-2-10-20-17/h1-4,9-11,13-14,21H,5-8H2. The molecule has 3 rings (SSSR count). The second-order valence-electron chi connectivity index (χ2n) is 5.96. The molecule has 8 heteroatoms. The monoisotopic (exact) mass is 368 g/mol. The van der Waals surface area contributed by atoms with Crippen LogP contribution in [-0.4, -0.2) is 25.5 Å². The Morgan fingerprint density at radius 1 is 1.08 bits per heavy atom. The third-order valence-electron chi connectivity index (χ3n) is 4.10. The van der Waals surface area contributed by atoms with Crippen LogP contribution >= 0.6 is 0 Å². The summed E-state index contributed by atoms with van der Waals surface area (Å²) in [5.41, 5.74) is 0. The first-order valence-electron chi connectivity index (χ1n) is 7.99. The van der Waals surface area contributed by atoms with E-state index in [-0.39, 0.29) is 12.1 Å². The quantitative estimate of drug-likeness (QED) is 0.881. The summed E-state index contributed by atoms with van der Waals surface area (Å²) in [5.74, 6) is -1.37. The molecule has 0 saturated heterocycles. The number of ether oxygens (including phenoxy) is 1. The maximum Gasteiger partial charge on any atom is 0.243 e. The highest BCUT2D eigenvalue weighted by atomic mass is 32.2. The maximum atomic E-state index is 13.7. The molecule has 134 valence electrons. The Balaban J connectivity index is 1.58. The topological polar surface area (TPSA) is 68.3 Å². The normalized spacial score (nSPS) is 21.0. The summed E-state index contributed by atoms with van der Waals surface area (Å²) in [6, 6.07) is 7.51. The van der Waals surface area contributed by atoms with Gasteiger partial charge in [-0.15, -0.1) is 0 Å². The zero-order chi connectivity index (χ0) is 17.9. The first-order chi connectivity index (χ1) is 11.9. The SMILES string of the molecule is O=S(=O)(NC1CCC(Oc2ccccn2)CC1)c1ccc(F)cc1F. The first-order valence-corrected chi connectivity index (χ1v) is 9.47. The van der Waals surface area contributed by atoms with Gasteiger partial charge in [-0.05, 0) is 43.9 Å². The van der Waals surface area contributed by atoms with Gasteiger partial charge in [0.15, 0.2) is 0 Å². The molecule has 1 aromatic carbocycles. The molecule has 1 heterocycles. The first kappa shape index (κ1) is 17.8. The van der Waals surface area contributed by atoms with Crippen LogP contribution in [0, 0.1) is 11.6 Å². The van der Waals surface area contributed by atoms with Crippen molar-refractivity contribution in [2.24, 2.45) is 0 Å². The molecule has 0 aliphatic heterocycles. The van der Waals surface area contributed by atoms with Crippen LogP contribution in [0.1, 0.15) is 25.7 Å². The van der Waals surface area contributed by atoms with Crippen LogP contribution in [0.25, 0.3) is 0 Å². The lowest BCUT2D eigenvalue weighted by Crippen LogP contribution is -2.40. The second kappa shape index (κ2) is 7.45. The van der Waals surface area contributed by atoms with E-state index in [4.69, 9.17) is 4.74 Å². The van der Waals surface area contributed by atoms with Crippen molar-refractivity contribution in [2.75, 3.05) is 0 Å². The largest absolute Gasteiger partial charge is 0.474 e. The summed E-state index contributed by atoms with van der Waals surface area (Å²) in [7, 11) is -4.03. The number of benzene rings is 1. The van der Waals surface area contributed by atoms with Gasteiger partial charge in [0.1, 0.15) is 22.6 Å². The Bertz CT molecular complexity index is 823. The van der Waals surface area contributed by atoms with Gasteiger partial charge in [0.2, 0.25) is 15.9 Å². The highest BCUT2D eigenvalue weighted by Gasteiger charge is 2.28. The third kappa shape index (κ3) is 4.52. The van der Waals surface area contributed by atoms with Crippen molar-refractivity contribution >= 4 is 10.0 Å². The molecule has 0 atom stereocenters. The van der Waals surface area contributed by atoms with Crippen molar-refractivity contribution in [2.45, 2.75) is 42.7 Å². The van der Waals surface area contributed by atoms with Crippen LogP contribution in [0.4, 0.5) is 8.78 Å². The lowest BCUT2D eigenvalue weighted by Gasteiger charge is -2.29. The number of sulfonamides is 1. The fourth-order valence-corrected chi connectivity index (χ4v) is 4.23. The van der Waals surface area contributed by atoms with E-state index in [1.165, 1.54) is 0 Å². The molecule has 0 spiro atoms. The van der Waals surface area contributed by atoms with Gasteiger partial charge in [0.05, 0.1) is 0 Å². The van der Waals surface area contributed by atoms with Crippen LogP contribution in [0.5, 0.6) is 5.88 Å². The summed E-state index contributed by atoms with van der Waals surface area (Å²) >= 11 is 0. The fraction of sp³-hybridized carbons (Fsp3) is 0.353. The Morgan fingerprint density at radius 3 is 2.48 bits per heavy atom. The molecule has 0 unspecified atom stereocenters. The van der Waals surface area contributed by atoms with Gasteiger partial charge in [-0.25, -0.2) is 26.9 Å². The molecule has 5 nitrogen and oxygen atoms in total. The number of aromatic nitrogens is 1. The van der Waals surface area contributed by atoms with Gasteiger partial charge in [0, 0.05) is 24.4 Å². The van der Waals surface area contributed by atoms with Gasteiger partial charge in [0.25, 0.3) is 0 Å². The van der Waals surface area contributed by atoms with Gasteiger partial charge >= 0.3 is 0 Å². The van der Waals surface area contributed by atoms with Crippen LogP contribution in [0.2, 0.25) is 0 Å². The molecule has 1 aliphatic carbocycles. The average Bonchev–Trinajstić information content (AvgIpc) is 2.57. The van der Waals surface area contributed by atoms with E-state index < -0.39 is 26.6 Å². The van der Waals surface area contributed by atoms with E-state index in [2.05, 4.69) is 9.71 Å². The Kier molecular flexibility index (Phi) is 5.29. The zero-order valence-corrected chi connectivity index (χ0v) is 14.2. The Labute approximate surface area is 145 Å². The number of rotatable bonds is 5. The van der Waals surface area contributed by atoms with Gasteiger partial charge in [-0.1, -0.05) is 6.07 Å². The van der Waals surface area contributed by atoms with Gasteiger partial charge < -0.3 is 4.74 Å². The number of nitrogens with one attached hydrogen (secondary N) is 1. The Morgan fingerprint density at radius 2 is 1.84 bits per heavy atom. The molecular formula is C17H18F2N2O3S. The van der Waals surface area contributed by atoms with Crippen LogP contribution in [-0.2, 0) is 10.0 Å². The summed E-state index contributed by atoms with van der Waals surface area (Å²) in [6.07, 6.45) is 4.08. The highest BCUT2D eigenvalue weighted by molar-refractivity contribution is 7.89. The molecule has 1 aromatic heterocycles. The number of hydrogen-bond donors (Lipinski definition) is 1. The third-order valence-corrected chi connectivity index (χ3v) is 5.66. The maximum absolute atomic E-state index is 13.7. The summed E-state index contributed by atoms with van der Waals surface area (Å²) < 4.78 is 59.5. The second-order valence-corrected chi connectivity index (χ2v) is 7.64. The average molecular weight is 368 g/mol. The fourth-order valence-electron chi connectivity index (χ4n) is 2.86. The molecule has 1 saturated carbocycles. The molecule has 1 fully saturated rings. The highest BCUT2D eigenvalue weighted by Crippen LogP contribution is 2.24. The number of pyridine rings is 1. The number of nitrogens with zero attached hydrogens (tertiary/aromatic N) is 1. The van der Waals surface area contributed by atoms with Gasteiger partial charge in [-0.2, -0.15) is 0 Å². The molecule has 25 heavy (non-hydrogen) atoms. The molecule has 1 N–H and O–H groups in total. The van der Waals surface area contributed by atoms with E-state index >= 15 is 0 Å². The lowest BCUT2D eigenvalue weighted by atomic mass is 9.94. The van der Waals surface area contributed by atoms with Crippen LogP contribution in [0.3, 0.4) is 0 Å². The number of hydrogen-bond acceptors (Lipinski definition) is 4. The van der Waals surface area contributed by atoms with E-state index in [1.54, 1.807) is 18.3 Å². The molecule has 2 aromatic rings. The van der Waals surface area contributed by atoms with Crippen LogP contribution in [0.15, 0.2) is 47.5 Å². The van der Waals surface area contributed by atoms with Crippen molar-refractivity contribution in [3.05, 3.63) is 54.2 Å². The van der Waals surface area contributed by atoms with Crippen molar-refractivity contribution < 1.29 is 21.9 Å². The predicted molar refractivity (Wildman–Crippen MR) is 87.6 cm³/mol. The van der Waals surface area contributed by atoms with Crippen molar-refractivity contribution in [3.63, 3.8) is 0 Å². The minimum atomic E-state index is -4.03. The number of halogens is 2. The summed E-state index contributed by atoms with van der Waals surface area (Å²) in [5, 5.41) is 0. The van der Waals surface area contributed by atoms with Crippen molar-refractivity contribution in [3.8, 4) is 5.88 Å². The molecule has 0 amide bonds. The molecular weight excluding hydrogens is 350 g/mol. The Hall–Kier alpha value is -2.06. The van der Waals surface area contributed by atoms with Crippen molar-refractivity contribution in [1.82, 2.24) is 9.71 Å². The van der Waals surface area contributed by atoms with E-state index in [0.717, 1.165) is 12.1 Å². The van der Waals surface area contributed by atoms with E-state index in [9.17, 15) is 17.2 Å². The minimum Gasteiger partial charge on any atom is -0.474 e. The minimum absolute atomic E-state index is 0.0294. The molecule has 1 aliphatic rings. The predicted octanol–water partition coefficient (Wildman–Crippen LogP) is 3.03. The summed E-state index contributed by atoms with van der Waals surface area (Å²) in [6.45, 7) is 0. The van der Waals surface area contributed by atoms with Gasteiger partial charge in [-0.3, -0.25) is 0 Å². The lowest BCUT2D eigenvalue weighted by molar-refractivity contribution is 0.138.